The summed E-state index contributed by atoms with van der Waals surface area (Å²) in [5.41, 5.74) is -0.183. The summed E-state index contributed by atoms with van der Waals surface area (Å²) in [5, 5.41) is 2.87. The van der Waals surface area contributed by atoms with E-state index in [9.17, 15) is 4.79 Å². The Morgan fingerprint density at radius 1 is 1.43 bits per heavy atom. The van der Waals surface area contributed by atoms with Crippen LogP contribution in [0.15, 0.2) is 0 Å². The molecule has 0 saturated carbocycles. The Hall–Kier alpha value is -0.610. The van der Waals surface area contributed by atoms with E-state index >= 15 is 0 Å². The molecule has 0 aromatic heterocycles. The van der Waals surface area contributed by atoms with E-state index < -0.39 is 0 Å². The predicted octanol–water partition coefficient (Wildman–Crippen LogP) is 0.318. The number of nitrogens with one attached hydrogen (secondary N) is 1. The van der Waals surface area contributed by atoms with Crippen LogP contribution in [0.3, 0.4) is 0 Å². The summed E-state index contributed by atoms with van der Waals surface area (Å²) in [6, 6.07) is 0. The molecule has 4 heteroatoms. The van der Waals surface area contributed by atoms with Gasteiger partial charge < -0.3 is 14.8 Å². The van der Waals surface area contributed by atoms with Crippen molar-refractivity contribution < 1.29 is 14.3 Å². The minimum atomic E-state index is -0.183. The minimum absolute atomic E-state index is 0.00506. The Morgan fingerprint density at radius 2 is 2.14 bits per heavy atom. The molecule has 2 heterocycles. The summed E-state index contributed by atoms with van der Waals surface area (Å²) in [6.07, 6.45) is 2.07. The van der Waals surface area contributed by atoms with E-state index in [0.29, 0.717) is 12.5 Å². The van der Waals surface area contributed by atoms with Gasteiger partial charge in [-0.05, 0) is 25.7 Å². The quantitative estimate of drug-likeness (QED) is 0.661. The molecule has 0 aromatic rings. The normalized spacial score (nSPS) is 35.4. The number of carbonyl (C=O) groups excluding carboxylic acids is 1. The van der Waals surface area contributed by atoms with E-state index in [2.05, 4.69) is 12.2 Å². The number of hydrogen-bond acceptors (Lipinski definition) is 3. The Labute approximate surface area is 84.0 Å². The third-order valence-electron chi connectivity index (χ3n) is 3.25. The molecule has 0 aromatic carbocycles. The second kappa shape index (κ2) is 3.87. The number of rotatable bonds is 1. The first-order valence-electron chi connectivity index (χ1n) is 5.19. The van der Waals surface area contributed by atoms with Crippen molar-refractivity contribution >= 4 is 5.91 Å². The van der Waals surface area contributed by atoms with Crippen molar-refractivity contribution in [1.29, 1.82) is 0 Å². The fourth-order valence-electron chi connectivity index (χ4n) is 2.18. The minimum Gasteiger partial charge on any atom is -0.381 e. The Morgan fingerprint density at radius 3 is 2.71 bits per heavy atom. The van der Waals surface area contributed by atoms with E-state index in [1.165, 1.54) is 0 Å². The number of hydrogen-bond donors (Lipinski definition) is 1. The lowest BCUT2D eigenvalue weighted by Gasteiger charge is -2.42. The first-order valence-corrected chi connectivity index (χ1v) is 5.19. The first-order chi connectivity index (χ1) is 6.71. The molecule has 0 aliphatic carbocycles. The van der Waals surface area contributed by atoms with Crippen LogP contribution in [0.1, 0.15) is 19.8 Å². The summed E-state index contributed by atoms with van der Waals surface area (Å²) in [5.74, 6) is 0.506. The van der Waals surface area contributed by atoms with Gasteiger partial charge in [0.1, 0.15) is 6.61 Å². The fourth-order valence-corrected chi connectivity index (χ4v) is 2.18. The number of carbonyl (C=O) groups is 1. The number of morpholine rings is 1. The van der Waals surface area contributed by atoms with Crippen molar-refractivity contribution in [2.75, 3.05) is 26.4 Å². The topological polar surface area (TPSA) is 47.6 Å². The maximum absolute atomic E-state index is 11.0. The van der Waals surface area contributed by atoms with E-state index in [-0.39, 0.29) is 18.1 Å². The first kappa shape index (κ1) is 9.93. The molecule has 1 N–H and O–H groups in total. The van der Waals surface area contributed by atoms with Crippen molar-refractivity contribution in [1.82, 2.24) is 5.32 Å². The van der Waals surface area contributed by atoms with Crippen LogP contribution in [0.2, 0.25) is 0 Å². The fraction of sp³-hybridized carbons (Fsp3) is 0.900. The van der Waals surface area contributed by atoms with Gasteiger partial charge in [-0.25, -0.2) is 0 Å². The number of amides is 1. The molecule has 80 valence electrons. The van der Waals surface area contributed by atoms with Gasteiger partial charge in [-0.2, -0.15) is 0 Å². The molecule has 2 saturated heterocycles. The van der Waals surface area contributed by atoms with Gasteiger partial charge in [0.05, 0.1) is 5.60 Å². The van der Waals surface area contributed by atoms with E-state index in [4.69, 9.17) is 9.47 Å². The van der Waals surface area contributed by atoms with Gasteiger partial charge in [0.2, 0.25) is 5.91 Å². The van der Waals surface area contributed by atoms with Crippen molar-refractivity contribution in [3.05, 3.63) is 0 Å². The van der Waals surface area contributed by atoms with E-state index in [1.807, 2.05) is 0 Å². The van der Waals surface area contributed by atoms with Gasteiger partial charge in [-0.3, -0.25) is 4.79 Å². The van der Waals surface area contributed by atoms with Crippen LogP contribution in [0.4, 0.5) is 0 Å². The summed E-state index contributed by atoms with van der Waals surface area (Å²) >= 11 is 0. The summed E-state index contributed by atoms with van der Waals surface area (Å²) in [4.78, 5) is 11.0. The zero-order valence-corrected chi connectivity index (χ0v) is 8.54. The molecular formula is C10H17NO3. The Balaban J connectivity index is 1.96. The van der Waals surface area contributed by atoms with Gasteiger partial charge in [-0.1, -0.05) is 0 Å². The molecule has 2 aliphatic heterocycles. The molecule has 1 amide bonds. The highest BCUT2D eigenvalue weighted by Gasteiger charge is 2.39. The molecular weight excluding hydrogens is 182 g/mol. The Bertz CT molecular complexity index is 213. The summed E-state index contributed by atoms with van der Waals surface area (Å²) < 4.78 is 11.0. The molecule has 1 unspecified atom stereocenters. The molecule has 2 rings (SSSR count). The largest absolute Gasteiger partial charge is 0.381 e. The Kier molecular flexibility index (Phi) is 2.74. The van der Waals surface area contributed by atoms with Gasteiger partial charge >= 0.3 is 0 Å². The zero-order valence-electron chi connectivity index (χ0n) is 8.54. The lowest BCUT2D eigenvalue weighted by atomic mass is 9.82. The molecule has 0 spiro atoms. The van der Waals surface area contributed by atoms with Crippen LogP contribution in [0, 0.1) is 5.92 Å². The highest BCUT2D eigenvalue weighted by atomic mass is 16.5. The van der Waals surface area contributed by atoms with Crippen LogP contribution in [-0.2, 0) is 14.3 Å². The molecule has 1 atom stereocenters. The molecule has 4 nitrogen and oxygen atoms in total. The molecule has 0 radical (unpaired) electrons. The van der Waals surface area contributed by atoms with Crippen molar-refractivity contribution in [3.8, 4) is 0 Å². The van der Waals surface area contributed by atoms with Crippen molar-refractivity contribution in [2.24, 2.45) is 5.92 Å². The second-order valence-corrected chi connectivity index (χ2v) is 4.26. The van der Waals surface area contributed by atoms with Gasteiger partial charge in [-0.15, -0.1) is 0 Å². The zero-order chi connectivity index (χ0) is 10.0. The van der Waals surface area contributed by atoms with Crippen LogP contribution < -0.4 is 5.32 Å². The molecule has 0 bridgehead atoms. The maximum Gasteiger partial charge on any atom is 0.246 e. The lowest BCUT2D eigenvalue weighted by molar-refractivity contribution is -0.154. The lowest BCUT2D eigenvalue weighted by Crippen LogP contribution is -2.55. The van der Waals surface area contributed by atoms with Crippen LogP contribution in [-0.4, -0.2) is 37.9 Å². The summed E-state index contributed by atoms with van der Waals surface area (Å²) in [7, 11) is 0. The van der Waals surface area contributed by atoms with Crippen molar-refractivity contribution in [3.63, 3.8) is 0 Å². The van der Waals surface area contributed by atoms with Gasteiger partial charge in [0.25, 0.3) is 0 Å². The smallest absolute Gasteiger partial charge is 0.246 e. The molecule has 2 fully saturated rings. The third-order valence-corrected chi connectivity index (χ3v) is 3.25. The average Bonchev–Trinajstić information content (AvgIpc) is 2.24. The average molecular weight is 199 g/mol. The highest BCUT2D eigenvalue weighted by molar-refractivity contribution is 5.78. The maximum atomic E-state index is 11.0. The van der Waals surface area contributed by atoms with E-state index in [0.717, 1.165) is 26.1 Å². The third kappa shape index (κ3) is 1.91. The molecule has 2 aliphatic rings. The number of ether oxygens (including phenoxy) is 2. The van der Waals surface area contributed by atoms with Gasteiger partial charge in [0, 0.05) is 19.8 Å². The SMILES string of the molecule is CC1(C2CCOCC2)CNC(=O)CO1. The standard InChI is InChI=1S/C10H17NO3/c1-10(7-11-9(12)6-14-10)8-2-4-13-5-3-8/h8H,2-7H2,1H3,(H,11,12). The predicted molar refractivity (Wildman–Crippen MR) is 50.9 cm³/mol. The van der Waals surface area contributed by atoms with Crippen LogP contribution in [0.5, 0.6) is 0 Å². The second-order valence-electron chi connectivity index (χ2n) is 4.26. The highest BCUT2D eigenvalue weighted by Crippen LogP contribution is 2.31. The van der Waals surface area contributed by atoms with Crippen LogP contribution in [0.25, 0.3) is 0 Å². The monoisotopic (exact) mass is 199 g/mol. The summed E-state index contributed by atoms with van der Waals surface area (Å²) in [6.45, 7) is 4.56. The molecule has 14 heavy (non-hydrogen) atoms. The van der Waals surface area contributed by atoms with Crippen LogP contribution >= 0.6 is 0 Å². The van der Waals surface area contributed by atoms with E-state index in [1.54, 1.807) is 0 Å². The van der Waals surface area contributed by atoms with Crippen molar-refractivity contribution in [2.45, 2.75) is 25.4 Å². The van der Waals surface area contributed by atoms with Gasteiger partial charge in [0.15, 0.2) is 0 Å².